The first-order valence-electron chi connectivity index (χ1n) is 6.26. The van der Waals surface area contributed by atoms with Gasteiger partial charge in [0.15, 0.2) is 0 Å². The molecule has 92 valence electrons. The number of halogens is 1. The Labute approximate surface area is 113 Å². The zero-order valence-corrected chi connectivity index (χ0v) is 11.4. The summed E-state index contributed by atoms with van der Waals surface area (Å²) < 4.78 is 0. The molecule has 1 N–H and O–H groups in total. The van der Waals surface area contributed by atoms with Gasteiger partial charge in [0.2, 0.25) is 0 Å². The Bertz CT molecular complexity index is 573. The minimum Gasteiger partial charge on any atom is -0.377 e. The Morgan fingerprint density at radius 3 is 2.61 bits per heavy atom. The van der Waals surface area contributed by atoms with E-state index in [1.54, 1.807) is 0 Å². The van der Waals surface area contributed by atoms with E-state index in [1.165, 1.54) is 27.9 Å². The molecule has 0 aliphatic carbocycles. The zero-order chi connectivity index (χ0) is 12.7. The van der Waals surface area contributed by atoms with E-state index in [0.29, 0.717) is 6.04 Å². The van der Waals surface area contributed by atoms with E-state index in [2.05, 4.69) is 43.4 Å². The molecule has 0 radical (unpaired) electrons. The highest BCUT2D eigenvalue weighted by molar-refractivity contribution is 6.30. The average molecular weight is 258 g/mol. The van der Waals surface area contributed by atoms with Crippen LogP contribution in [0.3, 0.4) is 0 Å². The third-order valence-electron chi connectivity index (χ3n) is 3.73. The van der Waals surface area contributed by atoms with Crippen molar-refractivity contribution < 1.29 is 0 Å². The van der Waals surface area contributed by atoms with Crippen LogP contribution in [0.15, 0.2) is 36.4 Å². The van der Waals surface area contributed by atoms with Crippen LogP contribution >= 0.6 is 11.6 Å². The summed E-state index contributed by atoms with van der Waals surface area (Å²) in [5.74, 6) is 0. The van der Waals surface area contributed by atoms with Crippen molar-refractivity contribution in [1.29, 1.82) is 0 Å². The van der Waals surface area contributed by atoms with Gasteiger partial charge in [0, 0.05) is 10.7 Å². The molecule has 18 heavy (non-hydrogen) atoms. The highest BCUT2D eigenvalue weighted by atomic mass is 35.5. The minimum atomic E-state index is 0.346. The third-order valence-corrected chi connectivity index (χ3v) is 3.97. The van der Waals surface area contributed by atoms with E-state index in [4.69, 9.17) is 11.6 Å². The molecule has 0 spiro atoms. The summed E-state index contributed by atoms with van der Waals surface area (Å²) in [6.07, 6.45) is 1.04. The van der Waals surface area contributed by atoms with E-state index in [-0.39, 0.29) is 0 Å². The SMILES string of the molecule is Cc1ccc(C)c2c1CC(c1cccc(Cl)c1)N2. The van der Waals surface area contributed by atoms with Crippen molar-refractivity contribution in [1.82, 2.24) is 0 Å². The van der Waals surface area contributed by atoms with Crippen molar-refractivity contribution >= 4 is 17.3 Å². The van der Waals surface area contributed by atoms with Crippen LogP contribution in [0.1, 0.15) is 28.3 Å². The van der Waals surface area contributed by atoms with Crippen LogP contribution in [-0.2, 0) is 6.42 Å². The molecule has 3 rings (SSSR count). The number of hydrogen-bond acceptors (Lipinski definition) is 1. The van der Waals surface area contributed by atoms with Gasteiger partial charge in [-0.15, -0.1) is 0 Å². The third kappa shape index (κ3) is 1.89. The number of fused-ring (bicyclic) bond motifs is 1. The van der Waals surface area contributed by atoms with Gasteiger partial charge in [-0.25, -0.2) is 0 Å². The maximum atomic E-state index is 6.07. The van der Waals surface area contributed by atoms with Crippen molar-refractivity contribution in [2.45, 2.75) is 26.3 Å². The van der Waals surface area contributed by atoms with Gasteiger partial charge in [-0.1, -0.05) is 35.9 Å². The fourth-order valence-electron chi connectivity index (χ4n) is 2.69. The lowest BCUT2D eigenvalue weighted by molar-refractivity contribution is 0.821. The Balaban J connectivity index is 1.98. The maximum absolute atomic E-state index is 6.07. The van der Waals surface area contributed by atoms with Crippen LogP contribution in [0, 0.1) is 13.8 Å². The van der Waals surface area contributed by atoms with Crippen LogP contribution < -0.4 is 5.32 Å². The van der Waals surface area contributed by atoms with E-state index < -0.39 is 0 Å². The highest BCUT2D eigenvalue weighted by Gasteiger charge is 2.24. The van der Waals surface area contributed by atoms with Crippen molar-refractivity contribution in [2.75, 3.05) is 5.32 Å². The molecule has 1 nitrogen and oxygen atoms in total. The Kier molecular flexibility index (Phi) is 2.79. The summed E-state index contributed by atoms with van der Waals surface area (Å²) in [6.45, 7) is 4.34. The summed E-state index contributed by atoms with van der Waals surface area (Å²) in [5, 5.41) is 4.43. The van der Waals surface area contributed by atoms with Crippen molar-refractivity contribution in [2.24, 2.45) is 0 Å². The largest absolute Gasteiger partial charge is 0.377 e. The van der Waals surface area contributed by atoms with Crippen LogP contribution in [0.25, 0.3) is 0 Å². The van der Waals surface area contributed by atoms with Gasteiger partial charge < -0.3 is 5.32 Å². The molecule has 1 unspecified atom stereocenters. The predicted octanol–water partition coefficient (Wildman–Crippen LogP) is 4.67. The number of hydrogen-bond donors (Lipinski definition) is 1. The van der Waals surface area contributed by atoms with Gasteiger partial charge in [-0.05, 0) is 54.7 Å². The summed E-state index contributed by atoms with van der Waals surface area (Å²) >= 11 is 6.07. The molecule has 0 saturated carbocycles. The summed E-state index contributed by atoms with van der Waals surface area (Å²) in [5.41, 5.74) is 6.70. The first kappa shape index (κ1) is 11.6. The molecule has 2 aromatic rings. The molecule has 2 heteroatoms. The first-order valence-corrected chi connectivity index (χ1v) is 6.64. The number of nitrogens with one attached hydrogen (secondary N) is 1. The van der Waals surface area contributed by atoms with Crippen molar-refractivity contribution in [3.63, 3.8) is 0 Å². The fourth-order valence-corrected chi connectivity index (χ4v) is 2.89. The Morgan fingerprint density at radius 2 is 1.89 bits per heavy atom. The van der Waals surface area contributed by atoms with Gasteiger partial charge in [-0.2, -0.15) is 0 Å². The molecule has 1 atom stereocenters. The highest BCUT2D eigenvalue weighted by Crippen LogP contribution is 2.38. The summed E-state index contributed by atoms with van der Waals surface area (Å²) in [6, 6.07) is 12.9. The summed E-state index contributed by atoms with van der Waals surface area (Å²) in [4.78, 5) is 0. The second kappa shape index (κ2) is 4.33. The number of aryl methyl sites for hydroxylation is 2. The molecule has 1 heterocycles. The second-order valence-corrected chi connectivity index (χ2v) is 5.45. The molecule has 0 amide bonds. The molecular formula is C16H16ClN. The molecule has 0 saturated heterocycles. The van der Waals surface area contributed by atoms with Crippen LogP contribution in [0.5, 0.6) is 0 Å². The lowest BCUT2D eigenvalue weighted by Crippen LogP contribution is -2.05. The zero-order valence-electron chi connectivity index (χ0n) is 10.6. The van der Waals surface area contributed by atoms with Gasteiger partial charge in [0.1, 0.15) is 0 Å². The van der Waals surface area contributed by atoms with Crippen LogP contribution in [-0.4, -0.2) is 0 Å². The normalized spacial score (nSPS) is 17.4. The predicted molar refractivity (Wildman–Crippen MR) is 77.4 cm³/mol. The summed E-state index contributed by atoms with van der Waals surface area (Å²) in [7, 11) is 0. The Hall–Kier alpha value is -1.47. The Morgan fingerprint density at radius 1 is 1.11 bits per heavy atom. The standard InChI is InChI=1S/C16H16ClN/c1-10-6-7-11(2)16-14(10)9-15(18-16)12-4-3-5-13(17)8-12/h3-8,15,18H,9H2,1-2H3. The van der Waals surface area contributed by atoms with E-state index in [1.807, 2.05) is 12.1 Å². The average Bonchev–Trinajstić information content (AvgIpc) is 2.80. The molecular weight excluding hydrogens is 242 g/mol. The molecule has 1 aliphatic heterocycles. The van der Waals surface area contributed by atoms with Crippen LogP contribution in [0.4, 0.5) is 5.69 Å². The molecule has 1 aliphatic rings. The minimum absolute atomic E-state index is 0.346. The number of anilines is 1. The van der Waals surface area contributed by atoms with E-state index >= 15 is 0 Å². The lowest BCUT2D eigenvalue weighted by atomic mass is 9.99. The monoisotopic (exact) mass is 257 g/mol. The number of rotatable bonds is 1. The molecule has 0 aromatic heterocycles. The maximum Gasteiger partial charge on any atom is 0.0555 e. The van der Waals surface area contributed by atoms with Gasteiger partial charge in [-0.3, -0.25) is 0 Å². The molecule has 2 aromatic carbocycles. The van der Waals surface area contributed by atoms with Gasteiger partial charge in [0.05, 0.1) is 6.04 Å². The molecule has 0 bridgehead atoms. The van der Waals surface area contributed by atoms with Gasteiger partial charge >= 0.3 is 0 Å². The fraction of sp³-hybridized carbons (Fsp3) is 0.250. The van der Waals surface area contributed by atoms with Gasteiger partial charge in [0.25, 0.3) is 0 Å². The topological polar surface area (TPSA) is 12.0 Å². The quantitative estimate of drug-likeness (QED) is 0.783. The lowest BCUT2D eigenvalue weighted by Gasteiger charge is -2.12. The van der Waals surface area contributed by atoms with Crippen molar-refractivity contribution in [3.05, 3.63) is 63.7 Å². The smallest absolute Gasteiger partial charge is 0.0555 e. The number of benzene rings is 2. The molecule has 0 fully saturated rings. The first-order chi connectivity index (χ1) is 8.65. The van der Waals surface area contributed by atoms with E-state index in [9.17, 15) is 0 Å². The second-order valence-electron chi connectivity index (χ2n) is 5.01. The van der Waals surface area contributed by atoms with Crippen LogP contribution in [0.2, 0.25) is 5.02 Å². The van der Waals surface area contributed by atoms with E-state index in [0.717, 1.165) is 11.4 Å². The van der Waals surface area contributed by atoms with Crippen molar-refractivity contribution in [3.8, 4) is 0 Å².